The number of benzene rings is 2. The van der Waals surface area contributed by atoms with Crippen molar-refractivity contribution in [3.63, 3.8) is 0 Å². The molecule has 0 radical (unpaired) electrons. The van der Waals surface area contributed by atoms with Gasteiger partial charge < -0.3 is 9.84 Å². The van der Waals surface area contributed by atoms with Gasteiger partial charge in [0.1, 0.15) is 23.5 Å². The third-order valence-electron chi connectivity index (χ3n) is 2.76. The lowest BCUT2D eigenvalue weighted by atomic mass is 10.0. The summed E-state index contributed by atoms with van der Waals surface area (Å²) in [7, 11) is 1.43. The van der Waals surface area contributed by atoms with Crippen LogP contribution in [-0.4, -0.2) is 12.2 Å². The number of hydrogen-bond donors (Lipinski definition) is 1. The molecule has 0 bridgehead atoms. The zero-order chi connectivity index (χ0) is 14.0. The highest BCUT2D eigenvalue weighted by molar-refractivity contribution is 9.10. The average Bonchev–Trinajstić information content (AvgIpc) is 2.37. The first-order chi connectivity index (χ1) is 9.02. The lowest BCUT2D eigenvalue weighted by Gasteiger charge is -2.14. The van der Waals surface area contributed by atoms with Gasteiger partial charge >= 0.3 is 0 Å². The Morgan fingerprint density at radius 2 is 1.79 bits per heavy atom. The summed E-state index contributed by atoms with van der Waals surface area (Å²) in [6, 6.07) is 8.03. The molecule has 2 aromatic rings. The molecule has 0 spiro atoms. The maximum Gasteiger partial charge on any atom is 0.133 e. The van der Waals surface area contributed by atoms with E-state index in [2.05, 4.69) is 15.9 Å². The molecule has 1 N–H and O–H groups in total. The van der Waals surface area contributed by atoms with Crippen LogP contribution in [0.2, 0.25) is 0 Å². The molecular formula is C14H11BrF2O2. The van der Waals surface area contributed by atoms with Gasteiger partial charge in [0.05, 0.1) is 7.11 Å². The Bertz CT molecular complexity index is 602. The predicted octanol–water partition coefficient (Wildman–Crippen LogP) is 3.82. The fourth-order valence-corrected chi connectivity index (χ4v) is 2.32. The number of aliphatic hydroxyl groups is 1. The van der Waals surface area contributed by atoms with Gasteiger partial charge in [-0.05, 0) is 29.8 Å². The van der Waals surface area contributed by atoms with Crippen LogP contribution in [0.4, 0.5) is 8.78 Å². The van der Waals surface area contributed by atoms with Crippen molar-refractivity contribution in [2.24, 2.45) is 0 Å². The summed E-state index contributed by atoms with van der Waals surface area (Å²) in [5, 5.41) is 10.2. The smallest absolute Gasteiger partial charge is 0.133 e. The summed E-state index contributed by atoms with van der Waals surface area (Å²) in [5.74, 6) is -0.646. The van der Waals surface area contributed by atoms with Crippen molar-refractivity contribution in [3.8, 4) is 5.75 Å². The van der Waals surface area contributed by atoms with Crippen molar-refractivity contribution in [2.45, 2.75) is 6.10 Å². The van der Waals surface area contributed by atoms with Crippen LogP contribution in [0.5, 0.6) is 5.75 Å². The Hall–Kier alpha value is -1.46. The first-order valence-corrected chi connectivity index (χ1v) is 6.28. The van der Waals surface area contributed by atoms with E-state index in [9.17, 15) is 13.9 Å². The molecule has 0 saturated carbocycles. The van der Waals surface area contributed by atoms with E-state index in [-0.39, 0.29) is 5.56 Å². The maximum absolute atomic E-state index is 13.9. The Kier molecular flexibility index (Phi) is 4.17. The van der Waals surface area contributed by atoms with Crippen LogP contribution in [0, 0.1) is 11.6 Å². The van der Waals surface area contributed by atoms with Gasteiger partial charge in [-0.15, -0.1) is 0 Å². The van der Waals surface area contributed by atoms with Gasteiger partial charge in [-0.2, -0.15) is 0 Å². The standard InChI is InChI=1S/C14H11BrF2O2/c1-19-9-3-5-11(13(17)7-9)14(18)10-4-2-8(16)6-12(10)15/h2-7,14,18H,1H3. The molecule has 0 aliphatic heterocycles. The fraction of sp³-hybridized carbons (Fsp3) is 0.143. The van der Waals surface area contributed by atoms with Crippen LogP contribution in [0.1, 0.15) is 17.2 Å². The van der Waals surface area contributed by atoms with Gasteiger partial charge in [-0.3, -0.25) is 0 Å². The number of halogens is 3. The Balaban J connectivity index is 2.41. The quantitative estimate of drug-likeness (QED) is 0.928. The van der Waals surface area contributed by atoms with E-state index in [4.69, 9.17) is 4.74 Å². The van der Waals surface area contributed by atoms with Crippen LogP contribution in [-0.2, 0) is 0 Å². The fourth-order valence-electron chi connectivity index (χ4n) is 1.75. The zero-order valence-electron chi connectivity index (χ0n) is 10.0. The van der Waals surface area contributed by atoms with E-state index in [0.29, 0.717) is 15.8 Å². The van der Waals surface area contributed by atoms with Gasteiger partial charge in [0.2, 0.25) is 0 Å². The minimum absolute atomic E-state index is 0.105. The van der Waals surface area contributed by atoms with Gasteiger partial charge in [-0.25, -0.2) is 8.78 Å². The molecule has 0 heterocycles. The number of rotatable bonds is 3. The first kappa shape index (κ1) is 14.0. The molecule has 2 aromatic carbocycles. The lowest BCUT2D eigenvalue weighted by Crippen LogP contribution is -2.04. The van der Waals surface area contributed by atoms with Crippen LogP contribution >= 0.6 is 15.9 Å². The Morgan fingerprint density at radius 3 is 2.37 bits per heavy atom. The number of ether oxygens (including phenoxy) is 1. The van der Waals surface area contributed by atoms with E-state index >= 15 is 0 Å². The van der Waals surface area contributed by atoms with E-state index in [0.717, 1.165) is 0 Å². The average molecular weight is 329 g/mol. The highest BCUT2D eigenvalue weighted by Gasteiger charge is 2.18. The third kappa shape index (κ3) is 2.93. The minimum atomic E-state index is -1.18. The topological polar surface area (TPSA) is 29.5 Å². The van der Waals surface area contributed by atoms with Gasteiger partial charge in [0, 0.05) is 16.1 Å². The van der Waals surface area contributed by atoms with E-state index in [1.807, 2.05) is 0 Å². The minimum Gasteiger partial charge on any atom is -0.497 e. The van der Waals surface area contributed by atoms with Crippen molar-refractivity contribution in [1.29, 1.82) is 0 Å². The van der Waals surface area contributed by atoms with E-state index < -0.39 is 17.7 Å². The number of aliphatic hydroxyl groups excluding tert-OH is 1. The second-order valence-corrected chi connectivity index (χ2v) is 4.81. The van der Waals surface area contributed by atoms with Crippen molar-refractivity contribution >= 4 is 15.9 Å². The van der Waals surface area contributed by atoms with Gasteiger partial charge in [-0.1, -0.05) is 22.0 Å². The van der Waals surface area contributed by atoms with Crippen LogP contribution < -0.4 is 4.74 Å². The highest BCUT2D eigenvalue weighted by atomic mass is 79.9. The third-order valence-corrected chi connectivity index (χ3v) is 3.45. The number of methoxy groups -OCH3 is 1. The normalized spacial score (nSPS) is 12.3. The molecule has 19 heavy (non-hydrogen) atoms. The Labute approximate surface area is 117 Å². The molecule has 2 nitrogen and oxygen atoms in total. The molecular weight excluding hydrogens is 318 g/mol. The molecule has 100 valence electrons. The van der Waals surface area contributed by atoms with Crippen LogP contribution in [0.3, 0.4) is 0 Å². The summed E-state index contributed by atoms with van der Waals surface area (Å²) in [6.07, 6.45) is -1.18. The molecule has 0 saturated heterocycles. The molecule has 0 aliphatic carbocycles. The van der Waals surface area contributed by atoms with E-state index in [1.165, 1.54) is 37.4 Å². The van der Waals surface area contributed by atoms with Crippen molar-refractivity contribution in [2.75, 3.05) is 7.11 Å². The largest absolute Gasteiger partial charge is 0.497 e. The number of hydrogen-bond acceptors (Lipinski definition) is 2. The first-order valence-electron chi connectivity index (χ1n) is 5.49. The van der Waals surface area contributed by atoms with Crippen molar-refractivity contribution in [1.82, 2.24) is 0 Å². The summed E-state index contributed by atoms with van der Waals surface area (Å²) in [6.45, 7) is 0. The summed E-state index contributed by atoms with van der Waals surface area (Å²) >= 11 is 3.15. The lowest BCUT2D eigenvalue weighted by molar-refractivity contribution is 0.214. The molecule has 0 aromatic heterocycles. The van der Waals surface area contributed by atoms with Crippen LogP contribution in [0.25, 0.3) is 0 Å². The summed E-state index contributed by atoms with van der Waals surface area (Å²) in [5.41, 5.74) is 0.499. The zero-order valence-corrected chi connectivity index (χ0v) is 11.6. The molecule has 0 amide bonds. The molecule has 2 rings (SSSR count). The second kappa shape index (κ2) is 5.67. The molecule has 1 atom stereocenters. The summed E-state index contributed by atoms with van der Waals surface area (Å²) < 4.78 is 32.1. The maximum atomic E-state index is 13.9. The van der Waals surface area contributed by atoms with E-state index in [1.54, 1.807) is 6.07 Å². The summed E-state index contributed by atoms with van der Waals surface area (Å²) in [4.78, 5) is 0. The van der Waals surface area contributed by atoms with Crippen molar-refractivity contribution < 1.29 is 18.6 Å². The van der Waals surface area contributed by atoms with Crippen LogP contribution in [0.15, 0.2) is 40.9 Å². The van der Waals surface area contributed by atoms with Crippen molar-refractivity contribution in [3.05, 3.63) is 63.6 Å². The Morgan fingerprint density at radius 1 is 1.11 bits per heavy atom. The molecule has 5 heteroatoms. The predicted molar refractivity (Wildman–Crippen MR) is 71.1 cm³/mol. The van der Waals surface area contributed by atoms with Gasteiger partial charge in [0.25, 0.3) is 0 Å². The highest BCUT2D eigenvalue weighted by Crippen LogP contribution is 2.31. The second-order valence-electron chi connectivity index (χ2n) is 3.96. The molecule has 1 unspecified atom stereocenters. The molecule has 0 fully saturated rings. The molecule has 0 aliphatic rings. The van der Waals surface area contributed by atoms with Gasteiger partial charge in [0.15, 0.2) is 0 Å². The SMILES string of the molecule is COc1ccc(C(O)c2ccc(F)cc2Br)c(F)c1. The monoisotopic (exact) mass is 328 g/mol.